The molecule has 0 spiro atoms. The lowest BCUT2D eigenvalue weighted by Crippen LogP contribution is -2.31. The molecule has 1 aromatic carbocycles. The van der Waals surface area contributed by atoms with Gasteiger partial charge in [0, 0.05) is 19.4 Å². The van der Waals surface area contributed by atoms with Crippen LogP contribution in [0.25, 0.3) is 0 Å². The monoisotopic (exact) mass is 324 g/mol. The van der Waals surface area contributed by atoms with E-state index in [-0.39, 0.29) is 5.91 Å². The highest BCUT2D eigenvalue weighted by Gasteiger charge is 2.32. The molecule has 1 aliphatic rings. The van der Waals surface area contributed by atoms with Gasteiger partial charge < -0.3 is 5.32 Å². The van der Waals surface area contributed by atoms with E-state index in [0.29, 0.717) is 43.1 Å². The number of nitriles is 1. The Labute approximate surface area is 145 Å². The van der Waals surface area contributed by atoms with E-state index in [2.05, 4.69) is 38.2 Å². The first-order chi connectivity index (χ1) is 11.5. The van der Waals surface area contributed by atoms with Gasteiger partial charge in [0.2, 0.25) is 5.91 Å². The summed E-state index contributed by atoms with van der Waals surface area (Å²) in [5, 5.41) is 12.1. The number of allylic oxidation sites excluding steroid dienone is 2. The third-order valence-electron chi connectivity index (χ3n) is 5.18. The highest BCUT2D eigenvalue weighted by Crippen LogP contribution is 2.40. The average molecular weight is 324 g/mol. The molecule has 0 radical (unpaired) electrons. The Morgan fingerprint density at radius 2 is 2.04 bits per heavy atom. The largest absolute Gasteiger partial charge is 0.352 e. The van der Waals surface area contributed by atoms with E-state index in [1.165, 1.54) is 5.57 Å². The molecule has 1 aliphatic carbocycles. The zero-order valence-electron chi connectivity index (χ0n) is 15.0. The molecule has 0 heterocycles. The van der Waals surface area contributed by atoms with E-state index in [1.807, 2.05) is 30.3 Å². The Morgan fingerprint density at radius 3 is 2.67 bits per heavy atom. The number of rotatable bonds is 6. The van der Waals surface area contributed by atoms with Crippen molar-refractivity contribution in [3.63, 3.8) is 0 Å². The number of nitrogens with zero attached hydrogens (tertiary/aromatic N) is 1. The molecule has 1 amide bonds. The lowest BCUT2D eigenvalue weighted by molar-refractivity contribution is -0.122. The lowest BCUT2D eigenvalue weighted by atomic mass is 9.69. The van der Waals surface area contributed by atoms with Gasteiger partial charge in [0.15, 0.2) is 0 Å². The third-order valence-corrected chi connectivity index (χ3v) is 5.18. The van der Waals surface area contributed by atoms with Crippen LogP contribution in [0.5, 0.6) is 0 Å². The van der Waals surface area contributed by atoms with Crippen LogP contribution >= 0.6 is 0 Å². The molecule has 0 saturated carbocycles. The van der Waals surface area contributed by atoms with Crippen LogP contribution in [-0.4, -0.2) is 5.91 Å². The van der Waals surface area contributed by atoms with Crippen molar-refractivity contribution in [2.75, 3.05) is 0 Å². The number of benzene rings is 1. The Bertz CT molecular complexity index is 612. The zero-order chi connectivity index (χ0) is 17.5. The SMILES string of the molecule is CC1=C[C@@H](CC#N)[C@H](C(C)C)C[C@H]1CC(=O)NCc1ccccc1. The molecule has 0 aliphatic heterocycles. The first-order valence-electron chi connectivity index (χ1n) is 8.87. The normalized spacial score (nSPS) is 23.5. The van der Waals surface area contributed by atoms with Crippen molar-refractivity contribution in [1.29, 1.82) is 5.26 Å². The van der Waals surface area contributed by atoms with Crippen molar-refractivity contribution in [2.45, 2.75) is 46.6 Å². The first kappa shape index (κ1) is 18.3. The van der Waals surface area contributed by atoms with Crippen molar-refractivity contribution in [2.24, 2.45) is 23.7 Å². The second-order valence-corrected chi connectivity index (χ2v) is 7.24. The summed E-state index contributed by atoms with van der Waals surface area (Å²) in [5.74, 6) is 1.75. The summed E-state index contributed by atoms with van der Waals surface area (Å²) in [5.41, 5.74) is 2.39. The van der Waals surface area contributed by atoms with E-state index in [9.17, 15) is 4.79 Å². The Morgan fingerprint density at radius 1 is 1.33 bits per heavy atom. The smallest absolute Gasteiger partial charge is 0.220 e. The fourth-order valence-electron chi connectivity index (χ4n) is 3.71. The van der Waals surface area contributed by atoms with E-state index in [1.54, 1.807) is 0 Å². The Balaban J connectivity index is 1.94. The van der Waals surface area contributed by atoms with Crippen molar-refractivity contribution >= 4 is 5.91 Å². The molecule has 0 saturated heterocycles. The fraction of sp³-hybridized carbons (Fsp3) is 0.524. The minimum Gasteiger partial charge on any atom is -0.352 e. The predicted molar refractivity (Wildman–Crippen MR) is 96.8 cm³/mol. The maximum atomic E-state index is 12.3. The van der Waals surface area contributed by atoms with Gasteiger partial charge in [-0.2, -0.15) is 5.26 Å². The van der Waals surface area contributed by atoms with E-state index in [4.69, 9.17) is 5.26 Å². The summed E-state index contributed by atoms with van der Waals surface area (Å²) in [6.45, 7) is 7.13. The molecular formula is C21H28N2O. The molecule has 0 bridgehead atoms. The van der Waals surface area contributed by atoms with Crippen LogP contribution in [0.2, 0.25) is 0 Å². The second kappa shape index (κ2) is 8.68. The van der Waals surface area contributed by atoms with Gasteiger partial charge in [-0.05, 0) is 42.6 Å². The summed E-state index contributed by atoms with van der Waals surface area (Å²) in [6.07, 6.45) is 4.36. The van der Waals surface area contributed by atoms with Gasteiger partial charge >= 0.3 is 0 Å². The van der Waals surface area contributed by atoms with Crippen LogP contribution in [0.4, 0.5) is 0 Å². The summed E-state index contributed by atoms with van der Waals surface area (Å²) in [6, 6.07) is 12.3. The third kappa shape index (κ3) is 4.96. The maximum Gasteiger partial charge on any atom is 0.220 e. The van der Waals surface area contributed by atoms with Crippen LogP contribution < -0.4 is 5.32 Å². The Kier molecular flexibility index (Phi) is 6.61. The molecule has 128 valence electrons. The topological polar surface area (TPSA) is 52.9 Å². The van der Waals surface area contributed by atoms with Crippen molar-refractivity contribution in [3.8, 4) is 6.07 Å². The minimum atomic E-state index is 0.109. The molecular weight excluding hydrogens is 296 g/mol. The molecule has 1 N–H and O–H groups in total. The average Bonchev–Trinajstić information content (AvgIpc) is 2.56. The maximum absolute atomic E-state index is 12.3. The number of nitrogens with one attached hydrogen (secondary N) is 1. The molecule has 0 fully saturated rings. The van der Waals surface area contributed by atoms with Gasteiger partial charge in [0.25, 0.3) is 0 Å². The standard InChI is InChI=1S/C21H28N2O/c1-15(2)20-12-19(16(3)11-18(20)9-10-22)13-21(24)23-14-17-7-5-4-6-8-17/h4-8,11,15,18-20H,9,12-14H2,1-3H3,(H,23,24)/t18-,19+,20+/m1/s1. The van der Waals surface area contributed by atoms with Crippen molar-refractivity contribution in [3.05, 3.63) is 47.5 Å². The van der Waals surface area contributed by atoms with E-state index < -0.39 is 0 Å². The molecule has 24 heavy (non-hydrogen) atoms. The summed E-state index contributed by atoms with van der Waals surface area (Å²) < 4.78 is 0. The van der Waals surface area contributed by atoms with Gasteiger partial charge in [0.05, 0.1) is 6.07 Å². The molecule has 0 aromatic heterocycles. The predicted octanol–water partition coefficient (Wildman–Crippen LogP) is 4.46. The van der Waals surface area contributed by atoms with Crippen LogP contribution in [0.15, 0.2) is 42.0 Å². The first-order valence-corrected chi connectivity index (χ1v) is 8.87. The highest BCUT2D eigenvalue weighted by atomic mass is 16.1. The second-order valence-electron chi connectivity index (χ2n) is 7.24. The number of amides is 1. The minimum absolute atomic E-state index is 0.109. The Hall–Kier alpha value is -2.08. The lowest BCUT2D eigenvalue weighted by Gasteiger charge is -2.36. The van der Waals surface area contributed by atoms with Gasteiger partial charge in [-0.1, -0.05) is 55.8 Å². The molecule has 2 rings (SSSR count). The summed E-state index contributed by atoms with van der Waals surface area (Å²) in [7, 11) is 0. The number of carbonyl (C=O) groups is 1. The van der Waals surface area contributed by atoms with Crippen LogP contribution in [-0.2, 0) is 11.3 Å². The van der Waals surface area contributed by atoms with Gasteiger partial charge in [0.1, 0.15) is 0 Å². The van der Waals surface area contributed by atoms with Crippen molar-refractivity contribution in [1.82, 2.24) is 5.32 Å². The fourth-order valence-corrected chi connectivity index (χ4v) is 3.71. The molecule has 1 aromatic rings. The summed E-state index contributed by atoms with van der Waals surface area (Å²) in [4.78, 5) is 12.3. The van der Waals surface area contributed by atoms with E-state index in [0.717, 1.165) is 12.0 Å². The molecule has 3 atom stereocenters. The van der Waals surface area contributed by atoms with Crippen LogP contribution in [0, 0.1) is 35.0 Å². The summed E-state index contributed by atoms with van der Waals surface area (Å²) >= 11 is 0. The number of hydrogen-bond acceptors (Lipinski definition) is 2. The number of hydrogen-bond donors (Lipinski definition) is 1. The highest BCUT2D eigenvalue weighted by molar-refractivity contribution is 5.76. The van der Waals surface area contributed by atoms with Gasteiger partial charge in [-0.25, -0.2) is 0 Å². The zero-order valence-corrected chi connectivity index (χ0v) is 15.0. The quantitative estimate of drug-likeness (QED) is 0.785. The van der Waals surface area contributed by atoms with Crippen molar-refractivity contribution < 1.29 is 4.79 Å². The van der Waals surface area contributed by atoms with Crippen LogP contribution in [0.3, 0.4) is 0 Å². The van der Waals surface area contributed by atoms with Crippen LogP contribution in [0.1, 0.15) is 45.6 Å². The molecule has 0 unspecified atom stereocenters. The van der Waals surface area contributed by atoms with Gasteiger partial charge in [-0.15, -0.1) is 0 Å². The molecule has 3 nitrogen and oxygen atoms in total. The van der Waals surface area contributed by atoms with Gasteiger partial charge in [-0.3, -0.25) is 4.79 Å². The van der Waals surface area contributed by atoms with E-state index >= 15 is 0 Å². The molecule has 3 heteroatoms. The number of carbonyl (C=O) groups excluding carboxylic acids is 1.